The summed E-state index contributed by atoms with van der Waals surface area (Å²) in [6.45, 7) is 2.66. The Labute approximate surface area is 126 Å². The number of fused-ring (bicyclic) bond motifs is 1. The molecule has 1 aliphatic heterocycles. The first-order valence-electron chi connectivity index (χ1n) is 8.18. The summed E-state index contributed by atoms with van der Waals surface area (Å²) in [5.41, 5.74) is -0.0112. The first-order chi connectivity index (χ1) is 10.3. The summed E-state index contributed by atoms with van der Waals surface area (Å²) in [5, 5.41) is 0. The van der Waals surface area contributed by atoms with Crippen LogP contribution in [-0.2, 0) is 19.9 Å². The van der Waals surface area contributed by atoms with Crippen molar-refractivity contribution in [2.45, 2.75) is 63.1 Å². The van der Waals surface area contributed by atoms with Crippen LogP contribution in [0.2, 0.25) is 0 Å². The van der Waals surface area contributed by atoms with Gasteiger partial charge in [-0.1, -0.05) is 50.1 Å². The van der Waals surface area contributed by atoms with E-state index < -0.39 is 11.2 Å². The molecule has 0 spiro atoms. The molecule has 3 heteroatoms. The van der Waals surface area contributed by atoms with Crippen molar-refractivity contribution in [2.75, 3.05) is 6.61 Å². The molecule has 0 aromatic heterocycles. The van der Waals surface area contributed by atoms with Crippen molar-refractivity contribution in [1.82, 2.24) is 0 Å². The van der Waals surface area contributed by atoms with Crippen LogP contribution in [0.15, 0.2) is 30.3 Å². The number of epoxide rings is 1. The number of benzene rings is 1. The third kappa shape index (κ3) is 2.38. The first-order valence-corrected chi connectivity index (χ1v) is 8.18. The lowest BCUT2D eigenvalue weighted by atomic mass is 9.75. The normalized spacial score (nSPS) is 30.5. The number of unbranched alkanes of at least 4 members (excludes halogenated alkanes) is 2. The highest BCUT2D eigenvalue weighted by Gasteiger charge is 2.76. The highest BCUT2D eigenvalue weighted by atomic mass is 16.7. The van der Waals surface area contributed by atoms with Crippen LogP contribution in [0.3, 0.4) is 0 Å². The van der Waals surface area contributed by atoms with E-state index in [0.29, 0.717) is 6.61 Å². The Morgan fingerprint density at radius 3 is 2.71 bits per heavy atom. The minimum atomic E-state index is -0.710. The van der Waals surface area contributed by atoms with Crippen LogP contribution in [0.1, 0.15) is 57.4 Å². The molecule has 0 bridgehead atoms. The number of hydrogen-bond acceptors (Lipinski definition) is 3. The van der Waals surface area contributed by atoms with Crippen LogP contribution in [0, 0.1) is 0 Å². The van der Waals surface area contributed by atoms with Gasteiger partial charge in [-0.3, -0.25) is 0 Å². The van der Waals surface area contributed by atoms with Gasteiger partial charge in [-0.2, -0.15) is 0 Å². The smallest absolute Gasteiger partial charge is 0.341 e. The van der Waals surface area contributed by atoms with Gasteiger partial charge in [-0.15, -0.1) is 0 Å². The second kappa shape index (κ2) is 5.80. The lowest BCUT2D eigenvalue weighted by molar-refractivity contribution is -0.150. The zero-order valence-corrected chi connectivity index (χ0v) is 12.8. The Morgan fingerprint density at radius 1 is 1.19 bits per heavy atom. The number of rotatable bonds is 6. The predicted octanol–water partition coefficient (Wildman–Crippen LogP) is 3.96. The standard InChI is InChI=1S/C18H24O3/c1-2-3-9-14-20-16(19)18-13-8-7-12-17(18,21-18)15-10-5-4-6-11-15/h4-6,10-11H,2-3,7-9,12-14H2,1H3. The molecule has 0 amide bonds. The Bertz CT molecular complexity index is 498. The Balaban J connectivity index is 1.73. The monoisotopic (exact) mass is 288 g/mol. The van der Waals surface area contributed by atoms with Crippen LogP contribution < -0.4 is 0 Å². The molecule has 2 unspecified atom stereocenters. The van der Waals surface area contributed by atoms with Gasteiger partial charge in [0.25, 0.3) is 0 Å². The van der Waals surface area contributed by atoms with Gasteiger partial charge in [0.1, 0.15) is 5.60 Å². The molecule has 0 N–H and O–H groups in total. The summed E-state index contributed by atoms with van der Waals surface area (Å²) in [4.78, 5) is 12.6. The third-order valence-electron chi connectivity index (χ3n) is 4.82. The van der Waals surface area contributed by atoms with E-state index >= 15 is 0 Å². The summed E-state index contributed by atoms with van der Waals surface area (Å²) in [6.07, 6.45) is 7.03. The van der Waals surface area contributed by atoms with E-state index in [9.17, 15) is 4.79 Å². The van der Waals surface area contributed by atoms with E-state index in [4.69, 9.17) is 9.47 Å². The van der Waals surface area contributed by atoms with E-state index in [1.807, 2.05) is 18.2 Å². The molecule has 1 heterocycles. The van der Waals surface area contributed by atoms with Crippen molar-refractivity contribution in [2.24, 2.45) is 0 Å². The Morgan fingerprint density at radius 2 is 1.95 bits per heavy atom. The number of esters is 1. The second-order valence-electron chi connectivity index (χ2n) is 6.17. The minimum Gasteiger partial charge on any atom is -0.463 e. The van der Waals surface area contributed by atoms with Crippen LogP contribution in [0.25, 0.3) is 0 Å². The molecule has 1 saturated carbocycles. The number of carbonyl (C=O) groups is 1. The lowest BCUT2D eigenvalue weighted by Crippen LogP contribution is -2.37. The molecule has 21 heavy (non-hydrogen) atoms. The molecule has 1 aliphatic carbocycles. The topological polar surface area (TPSA) is 38.8 Å². The molecule has 3 nitrogen and oxygen atoms in total. The van der Waals surface area contributed by atoms with Crippen molar-refractivity contribution in [3.8, 4) is 0 Å². The summed E-state index contributed by atoms with van der Waals surface area (Å²) in [5.74, 6) is -0.151. The quantitative estimate of drug-likeness (QED) is 0.452. The van der Waals surface area contributed by atoms with Gasteiger partial charge in [0, 0.05) is 0 Å². The lowest BCUT2D eigenvalue weighted by Gasteiger charge is -2.24. The highest BCUT2D eigenvalue weighted by Crippen LogP contribution is 2.64. The molecule has 1 aromatic rings. The average Bonchev–Trinajstić information content (AvgIpc) is 3.24. The molecule has 1 aromatic carbocycles. The van der Waals surface area contributed by atoms with Crippen molar-refractivity contribution < 1.29 is 14.3 Å². The van der Waals surface area contributed by atoms with Gasteiger partial charge in [-0.25, -0.2) is 4.79 Å². The second-order valence-corrected chi connectivity index (χ2v) is 6.17. The summed E-state index contributed by atoms with van der Waals surface area (Å²) in [7, 11) is 0. The molecule has 2 aliphatic rings. The molecule has 114 valence electrons. The van der Waals surface area contributed by atoms with Crippen molar-refractivity contribution in [3.05, 3.63) is 35.9 Å². The van der Waals surface area contributed by atoms with Crippen LogP contribution in [-0.4, -0.2) is 18.2 Å². The summed E-state index contributed by atoms with van der Waals surface area (Å²) < 4.78 is 11.6. The number of hydrogen-bond donors (Lipinski definition) is 0. The highest BCUT2D eigenvalue weighted by molar-refractivity contribution is 5.85. The maximum absolute atomic E-state index is 12.6. The molecular formula is C18H24O3. The Kier molecular flexibility index (Phi) is 4.03. The fraction of sp³-hybridized carbons (Fsp3) is 0.611. The SMILES string of the molecule is CCCCCOC(=O)C12CCCCC1(c1ccccc1)O2. The number of ether oxygens (including phenoxy) is 2. The average molecular weight is 288 g/mol. The van der Waals surface area contributed by atoms with E-state index in [0.717, 1.165) is 50.5 Å². The van der Waals surface area contributed by atoms with Crippen LogP contribution in [0.4, 0.5) is 0 Å². The number of carbonyl (C=O) groups excluding carboxylic acids is 1. The van der Waals surface area contributed by atoms with Gasteiger partial charge >= 0.3 is 5.97 Å². The van der Waals surface area contributed by atoms with Crippen LogP contribution in [0.5, 0.6) is 0 Å². The largest absolute Gasteiger partial charge is 0.463 e. The van der Waals surface area contributed by atoms with E-state index in [2.05, 4.69) is 19.1 Å². The molecule has 3 rings (SSSR count). The summed E-state index contributed by atoms with van der Waals surface area (Å²) in [6, 6.07) is 10.2. The van der Waals surface area contributed by atoms with Crippen molar-refractivity contribution in [3.63, 3.8) is 0 Å². The third-order valence-corrected chi connectivity index (χ3v) is 4.82. The zero-order chi connectivity index (χ0) is 14.8. The molecule has 0 radical (unpaired) electrons. The van der Waals surface area contributed by atoms with Crippen LogP contribution >= 0.6 is 0 Å². The zero-order valence-electron chi connectivity index (χ0n) is 12.8. The Hall–Kier alpha value is -1.35. The molecule has 2 atom stereocenters. The molecule has 2 fully saturated rings. The summed E-state index contributed by atoms with van der Waals surface area (Å²) >= 11 is 0. The maximum Gasteiger partial charge on any atom is 0.341 e. The van der Waals surface area contributed by atoms with Gasteiger partial charge in [0.15, 0.2) is 5.60 Å². The van der Waals surface area contributed by atoms with E-state index in [1.165, 1.54) is 0 Å². The van der Waals surface area contributed by atoms with Gasteiger partial charge in [0.05, 0.1) is 6.61 Å². The first kappa shape index (κ1) is 14.6. The van der Waals surface area contributed by atoms with Crippen molar-refractivity contribution >= 4 is 5.97 Å². The minimum absolute atomic E-state index is 0.151. The van der Waals surface area contributed by atoms with Crippen molar-refractivity contribution in [1.29, 1.82) is 0 Å². The fourth-order valence-electron chi connectivity index (χ4n) is 3.61. The van der Waals surface area contributed by atoms with Gasteiger partial charge in [-0.05, 0) is 37.7 Å². The predicted molar refractivity (Wildman–Crippen MR) is 80.9 cm³/mol. The van der Waals surface area contributed by atoms with Gasteiger partial charge in [0.2, 0.25) is 0 Å². The van der Waals surface area contributed by atoms with Gasteiger partial charge < -0.3 is 9.47 Å². The maximum atomic E-state index is 12.6. The van der Waals surface area contributed by atoms with E-state index in [-0.39, 0.29) is 5.97 Å². The van der Waals surface area contributed by atoms with E-state index in [1.54, 1.807) is 0 Å². The fourth-order valence-corrected chi connectivity index (χ4v) is 3.61. The molecular weight excluding hydrogens is 264 g/mol. The molecule has 1 saturated heterocycles.